The van der Waals surface area contributed by atoms with Crippen LogP contribution in [0.5, 0.6) is 0 Å². The molecule has 0 radical (unpaired) electrons. The summed E-state index contributed by atoms with van der Waals surface area (Å²) in [5.41, 5.74) is -1.65. The number of halogens is 5. The second-order valence-electron chi connectivity index (χ2n) is 10.8. The van der Waals surface area contributed by atoms with Crippen LogP contribution < -0.4 is 0 Å². The van der Waals surface area contributed by atoms with Gasteiger partial charge in [0.15, 0.2) is 9.84 Å². The molecule has 0 unspecified atom stereocenters. The van der Waals surface area contributed by atoms with Crippen LogP contribution in [0.4, 0.5) is 8.78 Å². The zero-order valence-electron chi connectivity index (χ0n) is 22.7. The first-order valence-electron chi connectivity index (χ1n) is 12.3. The average Bonchev–Trinajstić information content (AvgIpc) is 3.29. The van der Waals surface area contributed by atoms with E-state index in [1.165, 1.54) is 41.1 Å². The minimum absolute atomic E-state index is 0.0526. The summed E-state index contributed by atoms with van der Waals surface area (Å²) in [4.78, 5) is 4.27. The summed E-state index contributed by atoms with van der Waals surface area (Å²) in [6, 6.07) is 9.38. The number of sulfone groups is 1. The van der Waals surface area contributed by atoms with Crippen LogP contribution in [0.1, 0.15) is 50.3 Å². The Balaban J connectivity index is 1.92. The number of hydrogen-bond acceptors (Lipinski definition) is 5. The highest BCUT2D eigenvalue weighted by Crippen LogP contribution is 2.43. The molecule has 0 saturated heterocycles. The molecule has 4 aromatic rings. The third-order valence-electron chi connectivity index (χ3n) is 6.78. The number of nitrogens with zero attached hydrogens (tertiary/aromatic N) is 2. The lowest BCUT2D eigenvalue weighted by Crippen LogP contribution is -2.25. The summed E-state index contributed by atoms with van der Waals surface area (Å²) in [6.45, 7) is 5.87. The highest BCUT2D eigenvalue weighted by molar-refractivity contribution is 7.90. The van der Waals surface area contributed by atoms with Gasteiger partial charge in [0.25, 0.3) is 0 Å². The lowest BCUT2D eigenvalue weighted by Gasteiger charge is -2.28. The van der Waals surface area contributed by atoms with Gasteiger partial charge in [0.05, 0.1) is 28.3 Å². The molecule has 0 aliphatic carbocycles. The third-order valence-corrected chi connectivity index (χ3v) is 8.75. The molecule has 0 amide bonds. The number of aliphatic hydroxyl groups is 2. The normalized spacial score (nSPS) is 12.7. The van der Waals surface area contributed by atoms with Crippen molar-refractivity contribution in [2.75, 3.05) is 6.26 Å². The Hall–Kier alpha value is -2.53. The fourth-order valence-corrected chi connectivity index (χ4v) is 6.93. The summed E-state index contributed by atoms with van der Waals surface area (Å²) in [5.74, 6) is -1.36. The molecule has 218 valence electrons. The first-order chi connectivity index (χ1) is 18.9. The van der Waals surface area contributed by atoms with Crippen molar-refractivity contribution < 1.29 is 27.4 Å². The molecule has 0 aliphatic rings. The standard InChI is InChI=1S/C29H27Cl3F2N2O4S/c1-28(2,26-19(31)11-17(30)12-20(26)32)27-35-25(29(3,4)38)13-36(27)23-7-6-15(8-22(23)34)16-9-21(33)18(14-37)24(10-16)41(5,39)40/h6-13,37-38H,14H2,1-5H3. The monoisotopic (exact) mass is 642 g/mol. The molecule has 1 aromatic heterocycles. The summed E-state index contributed by atoms with van der Waals surface area (Å²) in [5, 5.41) is 21.1. The molecule has 41 heavy (non-hydrogen) atoms. The van der Waals surface area contributed by atoms with Gasteiger partial charge in [0.2, 0.25) is 0 Å². The Morgan fingerprint density at radius 1 is 0.927 bits per heavy atom. The molecular weight excluding hydrogens is 617 g/mol. The zero-order valence-corrected chi connectivity index (χ0v) is 25.8. The van der Waals surface area contributed by atoms with Crippen LogP contribution in [0, 0.1) is 11.6 Å². The molecule has 0 aliphatic heterocycles. The van der Waals surface area contributed by atoms with E-state index in [0.717, 1.165) is 18.4 Å². The van der Waals surface area contributed by atoms with Crippen molar-refractivity contribution in [2.45, 2.75) is 50.2 Å². The number of aliphatic hydroxyl groups excluding tert-OH is 1. The smallest absolute Gasteiger partial charge is 0.176 e. The van der Waals surface area contributed by atoms with Crippen LogP contribution in [0.3, 0.4) is 0 Å². The van der Waals surface area contributed by atoms with Gasteiger partial charge in [-0.1, -0.05) is 40.9 Å². The first-order valence-corrected chi connectivity index (χ1v) is 15.3. The fraction of sp³-hybridized carbons (Fsp3) is 0.276. The molecule has 0 spiro atoms. The Bertz CT molecular complexity index is 1760. The van der Waals surface area contributed by atoms with Crippen molar-refractivity contribution in [3.8, 4) is 16.8 Å². The molecule has 12 heteroatoms. The first kappa shape index (κ1) is 31.4. The molecule has 3 aromatic carbocycles. The number of aromatic nitrogens is 2. The maximum atomic E-state index is 15.9. The van der Waals surface area contributed by atoms with Gasteiger partial charge in [-0.2, -0.15) is 0 Å². The minimum Gasteiger partial charge on any atom is -0.392 e. The van der Waals surface area contributed by atoms with Crippen LogP contribution in [-0.2, 0) is 27.5 Å². The van der Waals surface area contributed by atoms with E-state index < -0.39 is 39.1 Å². The van der Waals surface area contributed by atoms with Gasteiger partial charge in [-0.25, -0.2) is 22.2 Å². The molecule has 4 rings (SSSR count). The highest BCUT2D eigenvalue weighted by Gasteiger charge is 2.36. The van der Waals surface area contributed by atoms with Crippen LogP contribution in [-0.4, -0.2) is 34.4 Å². The second kappa shape index (κ2) is 10.9. The van der Waals surface area contributed by atoms with E-state index in [4.69, 9.17) is 34.8 Å². The number of hydrogen-bond donors (Lipinski definition) is 2. The summed E-state index contributed by atoms with van der Waals surface area (Å²) < 4.78 is 56.6. The van der Waals surface area contributed by atoms with E-state index in [1.807, 2.05) is 0 Å². The molecule has 0 fully saturated rings. The maximum Gasteiger partial charge on any atom is 0.176 e. The zero-order chi connectivity index (χ0) is 30.7. The van der Waals surface area contributed by atoms with Gasteiger partial charge < -0.3 is 10.2 Å². The van der Waals surface area contributed by atoms with Crippen molar-refractivity contribution in [3.63, 3.8) is 0 Å². The Morgan fingerprint density at radius 2 is 1.51 bits per heavy atom. The van der Waals surface area contributed by atoms with Crippen LogP contribution in [0.25, 0.3) is 16.8 Å². The maximum absolute atomic E-state index is 15.9. The van der Waals surface area contributed by atoms with E-state index >= 15 is 4.39 Å². The average molecular weight is 644 g/mol. The van der Waals surface area contributed by atoms with E-state index in [9.17, 15) is 23.0 Å². The summed E-state index contributed by atoms with van der Waals surface area (Å²) >= 11 is 19.2. The van der Waals surface area contributed by atoms with Gasteiger partial charge in [0.1, 0.15) is 23.1 Å². The summed E-state index contributed by atoms with van der Waals surface area (Å²) in [7, 11) is -3.89. The fourth-order valence-electron chi connectivity index (χ4n) is 4.69. The quantitative estimate of drug-likeness (QED) is 0.222. The van der Waals surface area contributed by atoms with E-state index in [-0.39, 0.29) is 43.0 Å². The molecule has 2 N–H and O–H groups in total. The molecule has 1 heterocycles. The largest absolute Gasteiger partial charge is 0.392 e. The molecule has 0 saturated carbocycles. The predicted octanol–water partition coefficient (Wildman–Crippen LogP) is 7.23. The molecule has 6 nitrogen and oxygen atoms in total. The topological polar surface area (TPSA) is 92.4 Å². The Morgan fingerprint density at radius 3 is 2.02 bits per heavy atom. The van der Waals surface area contributed by atoms with Crippen molar-refractivity contribution in [2.24, 2.45) is 0 Å². The van der Waals surface area contributed by atoms with E-state index in [1.54, 1.807) is 27.7 Å². The number of imidazole rings is 1. The van der Waals surface area contributed by atoms with Crippen molar-refractivity contribution in [3.05, 3.63) is 98.0 Å². The molecular formula is C29H27Cl3F2N2O4S. The van der Waals surface area contributed by atoms with Crippen molar-refractivity contribution in [1.29, 1.82) is 0 Å². The van der Waals surface area contributed by atoms with E-state index in [2.05, 4.69) is 4.98 Å². The van der Waals surface area contributed by atoms with Crippen molar-refractivity contribution in [1.82, 2.24) is 9.55 Å². The highest BCUT2D eigenvalue weighted by atomic mass is 35.5. The lowest BCUT2D eigenvalue weighted by molar-refractivity contribution is 0.0740. The van der Waals surface area contributed by atoms with Gasteiger partial charge in [-0.05, 0) is 75.2 Å². The molecule has 0 atom stereocenters. The van der Waals surface area contributed by atoms with Crippen LogP contribution >= 0.6 is 34.8 Å². The van der Waals surface area contributed by atoms with Gasteiger partial charge >= 0.3 is 0 Å². The van der Waals surface area contributed by atoms with Crippen molar-refractivity contribution >= 4 is 44.6 Å². The van der Waals surface area contributed by atoms with E-state index in [0.29, 0.717) is 16.4 Å². The van der Waals surface area contributed by atoms with Gasteiger partial charge in [-0.15, -0.1) is 0 Å². The van der Waals surface area contributed by atoms with Crippen LogP contribution in [0.2, 0.25) is 15.1 Å². The Kier molecular flexibility index (Phi) is 8.39. The number of benzene rings is 3. The Labute approximate surface area is 252 Å². The van der Waals surface area contributed by atoms with Gasteiger partial charge in [-0.3, -0.25) is 4.57 Å². The lowest BCUT2D eigenvalue weighted by atomic mass is 9.83. The van der Waals surface area contributed by atoms with Gasteiger partial charge in [0, 0.05) is 38.6 Å². The SMILES string of the molecule is CC(C)(O)c1cn(-c2ccc(-c3cc(F)c(CO)c(S(C)(=O)=O)c3)cc2F)c(C(C)(C)c2c(Cl)cc(Cl)cc2Cl)n1. The summed E-state index contributed by atoms with van der Waals surface area (Å²) in [6.07, 6.45) is 2.40. The predicted molar refractivity (Wildman–Crippen MR) is 157 cm³/mol. The second-order valence-corrected chi connectivity index (χ2v) is 14.0. The number of rotatable bonds is 7. The minimum atomic E-state index is -3.89. The van der Waals surface area contributed by atoms with Crippen LogP contribution in [0.15, 0.2) is 53.6 Å². The molecule has 0 bridgehead atoms. The third kappa shape index (κ3) is 6.02.